The molecule has 212 valence electrons. The number of fused-ring (bicyclic) bond motifs is 1. The number of nitrogens with zero attached hydrogens (tertiary/aromatic N) is 2. The number of aliphatic hydroxyl groups is 1. The predicted octanol–water partition coefficient (Wildman–Crippen LogP) is 4.00. The quantitative estimate of drug-likeness (QED) is 0.213. The third kappa shape index (κ3) is 5.42. The van der Waals surface area contributed by atoms with Gasteiger partial charge in [-0.05, 0) is 44.6 Å². The number of thioether (sulfide) groups is 1. The van der Waals surface area contributed by atoms with E-state index < -0.39 is 28.7 Å². The highest BCUT2D eigenvalue weighted by Gasteiger charge is 2.74. The highest BCUT2D eigenvalue weighted by Crippen LogP contribution is 2.67. The molecule has 1 aromatic rings. The minimum Gasteiger partial charge on any atom is -0.465 e. The van der Waals surface area contributed by atoms with Crippen LogP contribution in [-0.4, -0.2) is 80.6 Å². The Morgan fingerprint density at radius 2 is 2.03 bits per heavy atom. The van der Waals surface area contributed by atoms with Crippen LogP contribution >= 0.6 is 11.8 Å². The first-order chi connectivity index (χ1) is 18.8. The first-order valence-electron chi connectivity index (χ1n) is 14.2. The molecule has 0 aliphatic carbocycles. The largest absolute Gasteiger partial charge is 0.465 e. The monoisotopic (exact) mass is 554 g/mol. The van der Waals surface area contributed by atoms with E-state index in [9.17, 15) is 19.5 Å². The SMILES string of the molecule is C=CCCOC(=O)[C@@H]1[C@H]2C(=O)N([C@@H](CO)Cc3ccccc3)C(C(=O)N(CC=C)C(C)CCC)C23CC[C@H]1S3. The average molecular weight is 555 g/mol. The predicted molar refractivity (Wildman–Crippen MR) is 154 cm³/mol. The Balaban J connectivity index is 1.76. The van der Waals surface area contributed by atoms with Crippen LogP contribution in [0.15, 0.2) is 55.6 Å². The van der Waals surface area contributed by atoms with E-state index in [1.54, 1.807) is 28.8 Å². The number of esters is 1. The van der Waals surface area contributed by atoms with Crippen LogP contribution in [0.1, 0.15) is 51.5 Å². The van der Waals surface area contributed by atoms with Gasteiger partial charge in [0.25, 0.3) is 0 Å². The van der Waals surface area contributed by atoms with Gasteiger partial charge in [0.15, 0.2) is 0 Å². The van der Waals surface area contributed by atoms with Gasteiger partial charge in [-0.25, -0.2) is 0 Å². The number of aliphatic hydroxyl groups excluding tert-OH is 1. The maximum atomic E-state index is 14.6. The van der Waals surface area contributed by atoms with E-state index in [0.717, 1.165) is 24.8 Å². The van der Waals surface area contributed by atoms with Gasteiger partial charge in [-0.15, -0.1) is 24.9 Å². The van der Waals surface area contributed by atoms with Crippen molar-refractivity contribution in [2.45, 2.75) is 80.5 Å². The van der Waals surface area contributed by atoms with Crippen LogP contribution < -0.4 is 0 Å². The summed E-state index contributed by atoms with van der Waals surface area (Å²) in [5.41, 5.74) is 0.977. The number of amides is 2. The van der Waals surface area contributed by atoms with Crippen molar-refractivity contribution in [3.8, 4) is 0 Å². The fourth-order valence-corrected chi connectivity index (χ4v) is 9.05. The Morgan fingerprint density at radius 1 is 1.28 bits per heavy atom. The fraction of sp³-hybridized carbons (Fsp3) is 0.581. The topological polar surface area (TPSA) is 87.1 Å². The molecule has 3 aliphatic heterocycles. The van der Waals surface area contributed by atoms with E-state index in [1.807, 2.05) is 42.2 Å². The standard InChI is InChI=1S/C31H42N2O5S/c1-5-8-18-38-30(37)25-24-15-16-31(39-24)26(25)28(35)33(23(20-34)19-22-13-10-9-11-14-22)27(31)29(36)32(17-7-3)21(4)12-6-2/h5,7,9-11,13-14,21,23-27,34H,1,3,6,8,12,15-20H2,2,4H3/t21?,23-,24-,25+,26+,27?,31?/m1/s1. The Bertz CT molecular complexity index is 1060. The van der Waals surface area contributed by atoms with E-state index in [4.69, 9.17) is 4.74 Å². The number of hydrogen-bond donors (Lipinski definition) is 1. The molecule has 3 unspecified atom stereocenters. The lowest BCUT2D eigenvalue weighted by Gasteiger charge is -2.41. The molecule has 1 aromatic carbocycles. The van der Waals surface area contributed by atoms with Gasteiger partial charge < -0.3 is 19.6 Å². The molecule has 3 saturated heterocycles. The molecule has 7 nitrogen and oxygen atoms in total. The summed E-state index contributed by atoms with van der Waals surface area (Å²) in [6, 6.07) is 8.33. The van der Waals surface area contributed by atoms with Crippen LogP contribution in [0.3, 0.4) is 0 Å². The summed E-state index contributed by atoms with van der Waals surface area (Å²) in [5.74, 6) is -1.95. The lowest BCUT2D eigenvalue weighted by Crippen LogP contribution is -2.59. The lowest BCUT2D eigenvalue weighted by molar-refractivity contribution is -0.154. The average Bonchev–Trinajstić information content (AvgIpc) is 3.58. The van der Waals surface area contributed by atoms with Crippen LogP contribution in [0.5, 0.6) is 0 Å². The lowest BCUT2D eigenvalue weighted by atomic mass is 9.71. The molecule has 1 N–H and O–H groups in total. The molecule has 39 heavy (non-hydrogen) atoms. The number of likely N-dealkylation sites (tertiary alicyclic amines) is 1. The van der Waals surface area contributed by atoms with E-state index in [0.29, 0.717) is 25.8 Å². The van der Waals surface area contributed by atoms with Gasteiger partial charge in [0.1, 0.15) is 6.04 Å². The van der Waals surface area contributed by atoms with Gasteiger partial charge in [0.05, 0.1) is 35.8 Å². The third-order valence-electron chi connectivity index (χ3n) is 8.58. The van der Waals surface area contributed by atoms with Crippen LogP contribution in [0.4, 0.5) is 0 Å². The minimum atomic E-state index is -0.768. The van der Waals surface area contributed by atoms with Crippen molar-refractivity contribution in [3.63, 3.8) is 0 Å². The second-order valence-corrected chi connectivity index (χ2v) is 12.6. The molecule has 0 saturated carbocycles. The van der Waals surface area contributed by atoms with E-state index in [-0.39, 0.29) is 42.3 Å². The van der Waals surface area contributed by atoms with Gasteiger partial charge in [-0.2, -0.15) is 0 Å². The van der Waals surface area contributed by atoms with Crippen molar-refractivity contribution in [1.29, 1.82) is 0 Å². The number of carbonyl (C=O) groups is 3. The van der Waals surface area contributed by atoms with Crippen LogP contribution in [0.2, 0.25) is 0 Å². The Kier molecular flexibility index (Phi) is 9.60. The Labute approximate surface area is 236 Å². The van der Waals surface area contributed by atoms with Gasteiger partial charge in [0.2, 0.25) is 11.8 Å². The molecule has 2 bridgehead atoms. The maximum Gasteiger partial charge on any atom is 0.310 e. The molecule has 3 heterocycles. The summed E-state index contributed by atoms with van der Waals surface area (Å²) in [4.78, 5) is 45.8. The van der Waals surface area contributed by atoms with Gasteiger partial charge >= 0.3 is 5.97 Å². The highest BCUT2D eigenvalue weighted by molar-refractivity contribution is 8.02. The van der Waals surface area contributed by atoms with Crippen LogP contribution in [-0.2, 0) is 25.5 Å². The summed E-state index contributed by atoms with van der Waals surface area (Å²) in [5, 5.41) is 10.5. The molecule has 0 aromatic heterocycles. The zero-order valence-corrected chi connectivity index (χ0v) is 24.0. The summed E-state index contributed by atoms with van der Waals surface area (Å²) >= 11 is 1.63. The summed E-state index contributed by atoms with van der Waals surface area (Å²) in [6.07, 6.45) is 7.57. The van der Waals surface area contributed by atoms with Gasteiger partial charge in [-0.1, -0.05) is 55.8 Å². The molecular weight excluding hydrogens is 512 g/mol. The first-order valence-corrected chi connectivity index (χ1v) is 15.1. The zero-order chi connectivity index (χ0) is 28.2. The molecule has 7 atom stereocenters. The molecule has 3 fully saturated rings. The fourth-order valence-electron chi connectivity index (χ4n) is 6.86. The first kappa shape index (κ1) is 29.4. The van der Waals surface area contributed by atoms with Crippen molar-refractivity contribution in [2.24, 2.45) is 11.8 Å². The molecule has 4 rings (SSSR count). The second kappa shape index (κ2) is 12.7. The zero-order valence-electron chi connectivity index (χ0n) is 23.2. The van der Waals surface area contributed by atoms with E-state index in [1.165, 1.54) is 0 Å². The van der Waals surface area contributed by atoms with Crippen molar-refractivity contribution in [2.75, 3.05) is 19.8 Å². The van der Waals surface area contributed by atoms with Crippen molar-refractivity contribution >= 4 is 29.5 Å². The maximum absolute atomic E-state index is 14.6. The summed E-state index contributed by atoms with van der Waals surface area (Å²) in [6.45, 7) is 12.0. The van der Waals surface area contributed by atoms with Gasteiger partial charge in [-0.3, -0.25) is 14.4 Å². The molecule has 8 heteroatoms. The normalized spacial score (nSPS) is 28.6. The molecule has 2 amide bonds. The smallest absolute Gasteiger partial charge is 0.310 e. The summed E-state index contributed by atoms with van der Waals surface area (Å²) < 4.78 is 4.86. The van der Waals surface area contributed by atoms with E-state index in [2.05, 4.69) is 20.1 Å². The number of carbonyl (C=O) groups excluding carboxylic acids is 3. The number of rotatable bonds is 14. The Hall–Kier alpha value is -2.58. The Morgan fingerprint density at radius 3 is 2.67 bits per heavy atom. The van der Waals surface area contributed by atoms with Crippen molar-refractivity contribution in [3.05, 3.63) is 61.2 Å². The molecule has 3 aliphatic rings. The van der Waals surface area contributed by atoms with Crippen molar-refractivity contribution in [1.82, 2.24) is 9.80 Å². The van der Waals surface area contributed by atoms with Crippen LogP contribution in [0.25, 0.3) is 0 Å². The summed E-state index contributed by atoms with van der Waals surface area (Å²) in [7, 11) is 0. The second-order valence-electron chi connectivity index (χ2n) is 11.0. The molecule has 0 radical (unpaired) electrons. The van der Waals surface area contributed by atoms with Crippen molar-refractivity contribution < 1.29 is 24.2 Å². The van der Waals surface area contributed by atoms with E-state index >= 15 is 0 Å². The number of hydrogen-bond acceptors (Lipinski definition) is 6. The minimum absolute atomic E-state index is 0.0297. The van der Waals surface area contributed by atoms with Crippen LogP contribution in [0, 0.1) is 11.8 Å². The number of benzene rings is 1. The molecular formula is C31H42N2O5S. The third-order valence-corrected chi connectivity index (χ3v) is 10.5. The number of ether oxygens (including phenoxy) is 1. The highest BCUT2D eigenvalue weighted by atomic mass is 32.2. The molecule has 1 spiro atoms. The van der Waals surface area contributed by atoms with Gasteiger partial charge in [0, 0.05) is 17.8 Å².